The third-order valence-corrected chi connectivity index (χ3v) is 5.09. The molecule has 1 saturated carbocycles. The van der Waals surface area contributed by atoms with Gasteiger partial charge in [-0.2, -0.15) is 0 Å². The smallest absolute Gasteiger partial charge is 0.228 e. The molecule has 1 N–H and O–H groups in total. The summed E-state index contributed by atoms with van der Waals surface area (Å²) in [5.41, 5.74) is 3.60. The topological polar surface area (TPSA) is 49.4 Å². The summed E-state index contributed by atoms with van der Waals surface area (Å²) in [6.45, 7) is 0. The van der Waals surface area contributed by atoms with Crippen molar-refractivity contribution in [1.82, 2.24) is 0 Å². The Morgan fingerprint density at radius 1 is 1.20 bits per heavy atom. The number of carbonyl (C=O) groups excluding carboxylic acids is 2. The van der Waals surface area contributed by atoms with Crippen LogP contribution in [-0.2, 0) is 16.0 Å². The van der Waals surface area contributed by atoms with Crippen LogP contribution in [0, 0.1) is 11.7 Å². The van der Waals surface area contributed by atoms with Gasteiger partial charge in [0.25, 0.3) is 0 Å². The minimum absolute atomic E-state index is 0.0329. The molecule has 25 heavy (non-hydrogen) atoms. The van der Waals surface area contributed by atoms with Crippen LogP contribution < -0.4 is 10.2 Å². The second-order valence-electron chi connectivity index (χ2n) is 6.79. The first kappa shape index (κ1) is 15.8. The van der Waals surface area contributed by atoms with Crippen molar-refractivity contribution in [2.75, 3.05) is 17.3 Å². The number of hydrogen-bond donors (Lipinski definition) is 1. The highest BCUT2D eigenvalue weighted by molar-refractivity contribution is 5.98. The predicted octanol–water partition coefficient (Wildman–Crippen LogP) is 3.48. The normalized spacial score (nSPS) is 21.7. The van der Waals surface area contributed by atoms with Crippen LogP contribution in [0.25, 0.3) is 0 Å². The summed E-state index contributed by atoms with van der Waals surface area (Å²) in [6.07, 6.45) is 1.93. The molecule has 0 bridgehead atoms. The fourth-order valence-corrected chi connectivity index (χ4v) is 3.56. The van der Waals surface area contributed by atoms with Crippen molar-refractivity contribution in [2.24, 2.45) is 5.92 Å². The highest BCUT2D eigenvalue weighted by atomic mass is 19.1. The van der Waals surface area contributed by atoms with Gasteiger partial charge in [0.2, 0.25) is 11.8 Å². The molecule has 4 nitrogen and oxygen atoms in total. The first-order chi connectivity index (χ1) is 12.0. The second-order valence-corrected chi connectivity index (χ2v) is 6.79. The Morgan fingerprint density at radius 3 is 2.84 bits per heavy atom. The van der Waals surface area contributed by atoms with Gasteiger partial charge in [0.15, 0.2) is 0 Å². The van der Waals surface area contributed by atoms with E-state index in [0.29, 0.717) is 12.8 Å². The van der Waals surface area contributed by atoms with Gasteiger partial charge >= 0.3 is 0 Å². The third-order valence-electron chi connectivity index (χ3n) is 5.09. The zero-order chi connectivity index (χ0) is 17.6. The molecule has 2 aliphatic rings. The number of aryl methyl sites for hydroxylation is 1. The quantitative estimate of drug-likeness (QED) is 0.931. The maximum atomic E-state index is 13.3. The van der Waals surface area contributed by atoms with Crippen molar-refractivity contribution in [1.29, 1.82) is 0 Å². The lowest BCUT2D eigenvalue weighted by atomic mass is 10.0. The number of rotatable bonds is 3. The lowest BCUT2D eigenvalue weighted by Gasteiger charge is -2.26. The zero-order valence-electron chi connectivity index (χ0n) is 14.0. The number of hydrogen-bond acceptors (Lipinski definition) is 2. The molecule has 1 fully saturated rings. The number of amides is 2. The van der Waals surface area contributed by atoms with Crippen molar-refractivity contribution < 1.29 is 14.0 Å². The van der Waals surface area contributed by atoms with E-state index in [2.05, 4.69) is 5.32 Å². The largest absolute Gasteiger partial charge is 0.326 e. The van der Waals surface area contributed by atoms with E-state index in [1.54, 1.807) is 18.0 Å². The molecule has 2 aromatic carbocycles. The lowest BCUT2D eigenvalue weighted by molar-refractivity contribution is -0.119. The summed E-state index contributed by atoms with van der Waals surface area (Å²) in [5.74, 6) is -0.203. The van der Waals surface area contributed by atoms with Crippen molar-refractivity contribution in [2.45, 2.75) is 25.2 Å². The molecule has 1 heterocycles. The Labute approximate surface area is 145 Å². The molecule has 128 valence electrons. The van der Waals surface area contributed by atoms with Crippen LogP contribution in [0.2, 0.25) is 0 Å². The number of nitrogens with zero attached hydrogens (tertiary/aromatic N) is 1. The van der Waals surface area contributed by atoms with E-state index >= 15 is 0 Å². The molecular weight excluding hydrogens is 319 g/mol. The first-order valence-corrected chi connectivity index (χ1v) is 8.49. The monoisotopic (exact) mass is 338 g/mol. The van der Waals surface area contributed by atoms with Crippen LogP contribution in [-0.4, -0.2) is 18.9 Å². The van der Waals surface area contributed by atoms with Crippen molar-refractivity contribution >= 4 is 23.2 Å². The van der Waals surface area contributed by atoms with Gasteiger partial charge in [-0.05, 0) is 60.2 Å². The Hall–Kier alpha value is -2.69. The van der Waals surface area contributed by atoms with Crippen LogP contribution in [0.4, 0.5) is 15.8 Å². The van der Waals surface area contributed by atoms with Crippen LogP contribution in [0.3, 0.4) is 0 Å². The number of fused-ring (bicyclic) bond motifs is 1. The van der Waals surface area contributed by atoms with Crippen molar-refractivity contribution in [3.05, 3.63) is 59.4 Å². The van der Waals surface area contributed by atoms with Gasteiger partial charge in [-0.15, -0.1) is 0 Å². The molecule has 5 heteroatoms. The Balaban J connectivity index is 1.45. The minimum Gasteiger partial charge on any atom is -0.326 e. The van der Waals surface area contributed by atoms with E-state index in [-0.39, 0.29) is 29.5 Å². The summed E-state index contributed by atoms with van der Waals surface area (Å²) in [5, 5.41) is 2.96. The molecule has 0 spiro atoms. The van der Waals surface area contributed by atoms with Gasteiger partial charge in [-0.25, -0.2) is 4.39 Å². The van der Waals surface area contributed by atoms with Crippen LogP contribution in [0.15, 0.2) is 42.5 Å². The van der Waals surface area contributed by atoms with Gasteiger partial charge in [-0.1, -0.05) is 12.1 Å². The first-order valence-electron chi connectivity index (χ1n) is 8.49. The molecule has 1 aliphatic heterocycles. The second kappa shape index (κ2) is 5.99. The number of nitrogens with one attached hydrogen (secondary N) is 1. The number of carbonyl (C=O) groups is 2. The van der Waals surface area contributed by atoms with E-state index in [1.165, 1.54) is 12.1 Å². The molecule has 2 amide bonds. The van der Waals surface area contributed by atoms with Gasteiger partial charge in [0.05, 0.1) is 0 Å². The van der Waals surface area contributed by atoms with Crippen LogP contribution in [0.1, 0.15) is 29.9 Å². The molecule has 1 aliphatic carbocycles. The van der Waals surface area contributed by atoms with E-state index in [4.69, 9.17) is 0 Å². The van der Waals surface area contributed by atoms with E-state index in [9.17, 15) is 14.0 Å². The lowest BCUT2D eigenvalue weighted by Crippen LogP contribution is -2.31. The molecule has 0 saturated heterocycles. The fraction of sp³-hybridized carbons (Fsp3) is 0.300. The highest BCUT2D eigenvalue weighted by Gasteiger charge is 2.44. The number of halogens is 1. The molecule has 2 aromatic rings. The third kappa shape index (κ3) is 3.02. The highest BCUT2D eigenvalue weighted by Crippen LogP contribution is 2.48. The van der Waals surface area contributed by atoms with Gasteiger partial charge in [-0.3, -0.25) is 9.59 Å². The number of benzene rings is 2. The summed E-state index contributed by atoms with van der Waals surface area (Å²) in [4.78, 5) is 25.9. The summed E-state index contributed by atoms with van der Waals surface area (Å²) in [7, 11) is 1.77. The molecule has 0 radical (unpaired) electrons. The maximum Gasteiger partial charge on any atom is 0.228 e. The average molecular weight is 338 g/mol. The molecule has 2 atom stereocenters. The summed E-state index contributed by atoms with van der Waals surface area (Å²) in [6, 6.07) is 12.1. The molecule has 0 aromatic heterocycles. The number of anilines is 2. The fourth-order valence-electron chi connectivity index (χ4n) is 3.56. The Kier molecular flexibility index (Phi) is 3.79. The maximum absolute atomic E-state index is 13.3. The van der Waals surface area contributed by atoms with E-state index in [1.807, 2.05) is 24.3 Å². The molecular formula is C20H19FN2O2. The zero-order valence-corrected chi connectivity index (χ0v) is 14.0. The van der Waals surface area contributed by atoms with Crippen LogP contribution >= 0.6 is 0 Å². The predicted molar refractivity (Wildman–Crippen MR) is 94.1 cm³/mol. The molecule has 0 unspecified atom stereocenters. The van der Waals surface area contributed by atoms with Gasteiger partial charge in [0.1, 0.15) is 5.82 Å². The van der Waals surface area contributed by atoms with Crippen molar-refractivity contribution in [3.63, 3.8) is 0 Å². The van der Waals surface area contributed by atoms with Gasteiger partial charge < -0.3 is 10.2 Å². The van der Waals surface area contributed by atoms with Gasteiger partial charge in [0, 0.05) is 30.8 Å². The van der Waals surface area contributed by atoms with E-state index in [0.717, 1.165) is 28.9 Å². The average Bonchev–Trinajstić information content (AvgIpc) is 3.39. The minimum atomic E-state index is -0.267. The summed E-state index contributed by atoms with van der Waals surface area (Å²) < 4.78 is 13.3. The van der Waals surface area contributed by atoms with Crippen LogP contribution in [0.5, 0.6) is 0 Å². The van der Waals surface area contributed by atoms with Crippen molar-refractivity contribution in [3.8, 4) is 0 Å². The van der Waals surface area contributed by atoms with E-state index < -0.39 is 0 Å². The standard InChI is InChI=1S/C20H19FN2O2/c1-23-18-7-6-15(10-13(18)5-8-19(23)24)22-20(25)17-11-16(17)12-3-2-4-14(21)9-12/h2-4,6-7,9-10,16-17H,5,8,11H2,1H3,(H,22,25)/t16-,17+/m0/s1. The summed E-state index contributed by atoms with van der Waals surface area (Å²) >= 11 is 0. The SMILES string of the molecule is CN1C(=O)CCc2cc(NC(=O)[C@@H]3C[C@H]3c3cccc(F)c3)ccc21. The Morgan fingerprint density at radius 2 is 2.04 bits per heavy atom. The molecule has 4 rings (SSSR count). The Bertz CT molecular complexity index is 865.